The van der Waals surface area contributed by atoms with E-state index in [0.29, 0.717) is 10.2 Å². The lowest BCUT2D eigenvalue weighted by Gasteiger charge is -1.98. The summed E-state index contributed by atoms with van der Waals surface area (Å²) in [7, 11) is 0. The summed E-state index contributed by atoms with van der Waals surface area (Å²) in [6.45, 7) is 0. The molecule has 0 spiro atoms. The average molecular weight is 215 g/mol. The molecule has 0 amide bonds. The summed E-state index contributed by atoms with van der Waals surface area (Å²) in [5, 5.41) is 9.86. The number of hydrogen-bond acceptors (Lipinski definition) is 6. The zero-order chi connectivity index (χ0) is 10.5. The Bertz CT molecular complexity index is 493. The van der Waals surface area contributed by atoms with Gasteiger partial charge in [-0.05, 0) is 17.8 Å². The molecule has 2 rings (SSSR count). The average Bonchev–Trinajstić information content (AvgIpc) is 2.31. The highest BCUT2D eigenvalue weighted by atomic mass is 32.2. The minimum Gasteiger partial charge on any atom is -0.245 e. The fourth-order valence-corrected chi connectivity index (χ4v) is 1.61. The Kier molecular flexibility index (Phi) is 2.85. The second-order valence-electron chi connectivity index (χ2n) is 2.46. The van der Waals surface area contributed by atoms with Crippen LogP contribution in [0.4, 0.5) is 0 Å². The molecule has 0 fully saturated rings. The lowest BCUT2D eigenvalue weighted by atomic mass is 10.5. The second kappa shape index (κ2) is 4.48. The Morgan fingerprint density at radius 2 is 1.73 bits per heavy atom. The molecule has 5 nitrogen and oxygen atoms in total. The van der Waals surface area contributed by atoms with Crippen molar-refractivity contribution in [1.82, 2.24) is 19.9 Å². The van der Waals surface area contributed by atoms with Gasteiger partial charge in [-0.1, -0.05) is 0 Å². The standard InChI is InChI=1S/C9H5N5S/c10-6-7-8(12-5-4-11-7)15-9-13-2-1-3-14-9/h1-5H. The van der Waals surface area contributed by atoms with E-state index >= 15 is 0 Å². The molecule has 72 valence electrons. The molecule has 0 saturated carbocycles. The number of nitriles is 1. The summed E-state index contributed by atoms with van der Waals surface area (Å²) >= 11 is 1.22. The van der Waals surface area contributed by atoms with Gasteiger partial charge >= 0.3 is 0 Å². The van der Waals surface area contributed by atoms with Crippen molar-refractivity contribution in [1.29, 1.82) is 5.26 Å². The van der Waals surface area contributed by atoms with Crippen molar-refractivity contribution in [2.45, 2.75) is 10.2 Å². The van der Waals surface area contributed by atoms with E-state index in [0.717, 1.165) is 0 Å². The molecule has 0 aliphatic carbocycles. The quantitative estimate of drug-likeness (QED) is 0.702. The minimum absolute atomic E-state index is 0.287. The lowest BCUT2D eigenvalue weighted by Crippen LogP contribution is -1.91. The van der Waals surface area contributed by atoms with Crippen LogP contribution in [0.25, 0.3) is 0 Å². The van der Waals surface area contributed by atoms with E-state index in [-0.39, 0.29) is 5.69 Å². The van der Waals surface area contributed by atoms with E-state index in [1.807, 2.05) is 6.07 Å². The molecule has 0 aromatic carbocycles. The van der Waals surface area contributed by atoms with E-state index in [1.165, 1.54) is 24.2 Å². The highest BCUT2D eigenvalue weighted by molar-refractivity contribution is 7.99. The van der Waals surface area contributed by atoms with Crippen molar-refractivity contribution in [2.24, 2.45) is 0 Å². The maximum Gasteiger partial charge on any atom is 0.193 e. The second-order valence-corrected chi connectivity index (χ2v) is 3.41. The normalized spacial score (nSPS) is 9.53. The van der Waals surface area contributed by atoms with E-state index in [9.17, 15) is 0 Å². The van der Waals surface area contributed by atoms with Crippen LogP contribution in [0.2, 0.25) is 0 Å². The van der Waals surface area contributed by atoms with Gasteiger partial charge in [0.05, 0.1) is 0 Å². The summed E-state index contributed by atoms with van der Waals surface area (Å²) in [5.41, 5.74) is 0.287. The molecular formula is C9H5N5S. The van der Waals surface area contributed by atoms with Gasteiger partial charge in [0.1, 0.15) is 11.1 Å². The summed E-state index contributed by atoms with van der Waals surface area (Å²) in [5.74, 6) is 0. The largest absolute Gasteiger partial charge is 0.245 e. The first-order valence-corrected chi connectivity index (χ1v) is 4.88. The zero-order valence-corrected chi connectivity index (χ0v) is 8.35. The number of rotatable bonds is 2. The van der Waals surface area contributed by atoms with Crippen molar-refractivity contribution in [3.05, 3.63) is 36.5 Å². The number of aromatic nitrogens is 4. The highest BCUT2D eigenvalue weighted by Crippen LogP contribution is 2.23. The molecule has 0 bridgehead atoms. The third-order valence-electron chi connectivity index (χ3n) is 1.50. The van der Waals surface area contributed by atoms with Gasteiger partial charge in [-0.15, -0.1) is 0 Å². The lowest BCUT2D eigenvalue weighted by molar-refractivity contribution is 0.950. The maximum atomic E-state index is 8.79. The smallest absolute Gasteiger partial charge is 0.193 e. The first-order valence-electron chi connectivity index (χ1n) is 4.06. The molecule has 15 heavy (non-hydrogen) atoms. The fourth-order valence-electron chi connectivity index (χ4n) is 0.901. The molecule has 2 aromatic heterocycles. The van der Waals surface area contributed by atoms with Crippen LogP contribution in [0.1, 0.15) is 5.69 Å². The number of hydrogen-bond donors (Lipinski definition) is 0. The van der Waals surface area contributed by atoms with E-state index < -0.39 is 0 Å². The molecule has 0 radical (unpaired) electrons. The fraction of sp³-hybridized carbons (Fsp3) is 0. The summed E-state index contributed by atoms with van der Waals surface area (Å²) < 4.78 is 0. The first kappa shape index (κ1) is 9.55. The van der Waals surface area contributed by atoms with Crippen LogP contribution < -0.4 is 0 Å². The van der Waals surface area contributed by atoms with Crippen molar-refractivity contribution in [2.75, 3.05) is 0 Å². The van der Waals surface area contributed by atoms with Crippen molar-refractivity contribution >= 4 is 11.8 Å². The van der Waals surface area contributed by atoms with Gasteiger partial charge in [0.15, 0.2) is 10.9 Å². The van der Waals surface area contributed by atoms with Crippen LogP contribution in [0.15, 0.2) is 41.0 Å². The van der Waals surface area contributed by atoms with E-state index in [2.05, 4.69) is 19.9 Å². The van der Waals surface area contributed by atoms with Crippen LogP contribution in [0.3, 0.4) is 0 Å². The SMILES string of the molecule is N#Cc1nccnc1Sc1ncccn1. The van der Waals surface area contributed by atoms with Gasteiger partial charge in [-0.3, -0.25) is 0 Å². The van der Waals surface area contributed by atoms with Crippen LogP contribution in [0.5, 0.6) is 0 Å². The third kappa shape index (κ3) is 2.27. The zero-order valence-electron chi connectivity index (χ0n) is 7.53. The molecule has 2 aromatic rings. The molecule has 0 aliphatic heterocycles. The Balaban J connectivity index is 2.29. The Morgan fingerprint density at radius 3 is 2.47 bits per heavy atom. The molecule has 0 saturated heterocycles. The maximum absolute atomic E-state index is 8.79. The molecule has 0 N–H and O–H groups in total. The summed E-state index contributed by atoms with van der Waals surface area (Å²) in [4.78, 5) is 16.0. The Morgan fingerprint density at radius 1 is 1.00 bits per heavy atom. The van der Waals surface area contributed by atoms with Gasteiger partial charge in [0.2, 0.25) is 0 Å². The molecule has 0 unspecified atom stereocenters. The van der Waals surface area contributed by atoms with E-state index in [4.69, 9.17) is 5.26 Å². The van der Waals surface area contributed by atoms with Crippen LogP contribution in [0, 0.1) is 11.3 Å². The van der Waals surface area contributed by atoms with Gasteiger partial charge in [0.25, 0.3) is 0 Å². The van der Waals surface area contributed by atoms with Gasteiger partial charge in [-0.2, -0.15) is 5.26 Å². The molecular weight excluding hydrogens is 210 g/mol. The summed E-state index contributed by atoms with van der Waals surface area (Å²) in [6.07, 6.45) is 6.29. The molecule has 0 atom stereocenters. The Hall–Kier alpha value is -2.00. The van der Waals surface area contributed by atoms with Crippen LogP contribution >= 0.6 is 11.8 Å². The highest BCUT2D eigenvalue weighted by Gasteiger charge is 2.07. The predicted molar refractivity (Wildman–Crippen MR) is 52.9 cm³/mol. The van der Waals surface area contributed by atoms with Crippen molar-refractivity contribution in [3.8, 4) is 6.07 Å². The van der Waals surface area contributed by atoms with Crippen LogP contribution in [-0.2, 0) is 0 Å². The topological polar surface area (TPSA) is 75.3 Å². The van der Waals surface area contributed by atoms with Gasteiger partial charge < -0.3 is 0 Å². The van der Waals surface area contributed by atoms with E-state index in [1.54, 1.807) is 18.5 Å². The van der Waals surface area contributed by atoms with Crippen LogP contribution in [-0.4, -0.2) is 19.9 Å². The molecule has 2 heterocycles. The first-order chi connectivity index (χ1) is 7.40. The Labute approximate surface area is 90.2 Å². The third-order valence-corrected chi connectivity index (χ3v) is 2.39. The van der Waals surface area contributed by atoms with Crippen molar-refractivity contribution < 1.29 is 0 Å². The summed E-state index contributed by atoms with van der Waals surface area (Å²) in [6, 6.07) is 3.69. The molecule has 6 heteroatoms. The minimum atomic E-state index is 0.287. The molecule has 0 aliphatic rings. The predicted octanol–water partition coefficient (Wildman–Crippen LogP) is 1.29. The number of nitrogens with zero attached hydrogens (tertiary/aromatic N) is 5. The monoisotopic (exact) mass is 215 g/mol. The van der Waals surface area contributed by atoms with Gasteiger partial charge in [0, 0.05) is 24.8 Å². The van der Waals surface area contributed by atoms with Crippen molar-refractivity contribution in [3.63, 3.8) is 0 Å². The van der Waals surface area contributed by atoms with Gasteiger partial charge in [-0.25, -0.2) is 19.9 Å².